The lowest BCUT2D eigenvalue weighted by atomic mass is 10.2. The predicted molar refractivity (Wildman–Crippen MR) is 93.7 cm³/mol. The van der Waals surface area contributed by atoms with Crippen LogP contribution in [-0.2, 0) is 11.3 Å². The second-order valence-electron chi connectivity index (χ2n) is 5.93. The van der Waals surface area contributed by atoms with E-state index >= 15 is 0 Å². The molecule has 0 fully saturated rings. The van der Waals surface area contributed by atoms with E-state index in [2.05, 4.69) is 14.9 Å². The molecular weight excluding hydrogens is 318 g/mol. The Balaban J connectivity index is 1.27. The summed E-state index contributed by atoms with van der Waals surface area (Å²) in [5.41, 5.74) is 0.967. The van der Waals surface area contributed by atoms with Gasteiger partial charge in [0.15, 0.2) is 11.5 Å². The van der Waals surface area contributed by atoms with Crippen molar-refractivity contribution in [3.8, 4) is 11.5 Å². The summed E-state index contributed by atoms with van der Waals surface area (Å²) in [5.74, 6) is 1.14. The molecule has 25 heavy (non-hydrogen) atoms. The normalized spacial score (nSPS) is 15.9. The fourth-order valence-corrected chi connectivity index (χ4v) is 2.92. The van der Waals surface area contributed by atoms with Crippen molar-refractivity contribution < 1.29 is 14.3 Å². The first kappa shape index (κ1) is 15.5. The molecule has 128 valence electrons. The first-order valence-electron chi connectivity index (χ1n) is 8.37. The number of nitrogens with zero attached hydrogens (tertiary/aromatic N) is 2. The Morgan fingerprint density at radius 3 is 3.00 bits per heavy atom. The van der Waals surface area contributed by atoms with E-state index in [4.69, 9.17) is 9.47 Å². The molecule has 0 aliphatic carbocycles. The number of benzene rings is 1. The minimum Gasteiger partial charge on any atom is -0.485 e. The van der Waals surface area contributed by atoms with Crippen LogP contribution in [0.15, 0.2) is 54.9 Å². The van der Waals surface area contributed by atoms with Crippen molar-refractivity contribution >= 4 is 16.9 Å². The van der Waals surface area contributed by atoms with Crippen LogP contribution in [0.4, 0.5) is 0 Å². The zero-order valence-electron chi connectivity index (χ0n) is 13.7. The van der Waals surface area contributed by atoms with Crippen molar-refractivity contribution in [1.29, 1.82) is 0 Å². The maximum atomic E-state index is 12.2. The summed E-state index contributed by atoms with van der Waals surface area (Å²) in [4.78, 5) is 16.6. The molecule has 6 heteroatoms. The van der Waals surface area contributed by atoms with Gasteiger partial charge in [-0.15, -0.1) is 0 Å². The van der Waals surface area contributed by atoms with Gasteiger partial charge >= 0.3 is 0 Å². The van der Waals surface area contributed by atoms with Gasteiger partial charge in [-0.1, -0.05) is 12.1 Å². The highest BCUT2D eigenvalue weighted by Crippen LogP contribution is 2.30. The van der Waals surface area contributed by atoms with Gasteiger partial charge in [0.1, 0.15) is 12.3 Å². The van der Waals surface area contributed by atoms with Crippen molar-refractivity contribution in [1.82, 2.24) is 14.9 Å². The average molecular weight is 337 g/mol. The molecule has 0 saturated heterocycles. The topological polar surface area (TPSA) is 65.4 Å². The van der Waals surface area contributed by atoms with E-state index in [1.807, 2.05) is 42.6 Å². The Morgan fingerprint density at radius 2 is 2.08 bits per heavy atom. The molecule has 0 radical (unpaired) electrons. The number of hydrogen-bond donors (Lipinski definition) is 1. The number of amides is 1. The minimum absolute atomic E-state index is 0.148. The van der Waals surface area contributed by atoms with Crippen molar-refractivity contribution in [3.05, 3.63) is 54.9 Å². The first-order chi connectivity index (χ1) is 12.3. The molecule has 4 rings (SSSR count). The number of ether oxygens (including phenoxy) is 2. The lowest BCUT2D eigenvalue weighted by Crippen LogP contribution is -2.44. The number of nitrogens with one attached hydrogen (secondary N) is 1. The number of rotatable bonds is 5. The zero-order chi connectivity index (χ0) is 17.1. The number of fused-ring (bicyclic) bond motifs is 2. The van der Waals surface area contributed by atoms with Crippen LogP contribution in [0.5, 0.6) is 11.5 Å². The number of hydrogen-bond acceptors (Lipinski definition) is 4. The molecule has 6 nitrogen and oxygen atoms in total. The molecule has 1 aromatic carbocycles. The number of para-hydroxylation sites is 2. The number of carbonyl (C=O) groups excluding carboxylic acids is 1. The fourth-order valence-electron chi connectivity index (χ4n) is 2.92. The molecule has 0 spiro atoms. The van der Waals surface area contributed by atoms with Gasteiger partial charge in [-0.3, -0.25) is 4.79 Å². The predicted octanol–water partition coefficient (Wildman–Crippen LogP) is 2.38. The van der Waals surface area contributed by atoms with E-state index in [0.717, 1.165) is 24.0 Å². The van der Waals surface area contributed by atoms with E-state index in [0.29, 0.717) is 18.0 Å². The zero-order valence-corrected chi connectivity index (χ0v) is 13.7. The van der Waals surface area contributed by atoms with E-state index in [1.165, 1.54) is 0 Å². The molecule has 1 aliphatic heterocycles. The molecule has 1 amide bonds. The monoisotopic (exact) mass is 337 g/mol. The summed E-state index contributed by atoms with van der Waals surface area (Å²) in [6, 6.07) is 13.4. The molecule has 1 N–H and O–H groups in total. The Hall–Kier alpha value is -3.02. The third kappa shape index (κ3) is 3.28. The SMILES string of the molecule is O=C(NCCCn1ccc2cccnc21)[C@H]1COc2ccccc2O1. The molecule has 3 aromatic rings. The van der Waals surface area contributed by atoms with Gasteiger partial charge < -0.3 is 19.4 Å². The van der Waals surface area contributed by atoms with Crippen LogP contribution in [0, 0.1) is 0 Å². The number of pyridine rings is 1. The van der Waals surface area contributed by atoms with E-state index < -0.39 is 6.10 Å². The lowest BCUT2D eigenvalue weighted by Gasteiger charge is -2.25. The Bertz CT molecular complexity index is 890. The van der Waals surface area contributed by atoms with E-state index in [-0.39, 0.29) is 12.5 Å². The van der Waals surface area contributed by atoms with Gasteiger partial charge in [0.2, 0.25) is 6.10 Å². The van der Waals surface area contributed by atoms with Crippen LogP contribution in [0.2, 0.25) is 0 Å². The van der Waals surface area contributed by atoms with Gasteiger partial charge in [-0.05, 0) is 36.8 Å². The van der Waals surface area contributed by atoms with Crippen molar-refractivity contribution in [2.45, 2.75) is 19.1 Å². The number of aryl methyl sites for hydroxylation is 1. The van der Waals surface area contributed by atoms with Crippen LogP contribution in [0.25, 0.3) is 11.0 Å². The fraction of sp³-hybridized carbons (Fsp3) is 0.263. The summed E-state index contributed by atoms with van der Waals surface area (Å²) in [6.45, 7) is 1.60. The van der Waals surface area contributed by atoms with Crippen LogP contribution in [-0.4, -0.2) is 34.7 Å². The van der Waals surface area contributed by atoms with Crippen molar-refractivity contribution in [3.63, 3.8) is 0 Å². The van der Waals surface area contributed by atoms with Gasteiger partial charge in [-0.25, -0.2) is 4.98 Å². The van der Waals surface area contributed by atoms with Crippen LogP contribution >= 0.6 is 0 Å². The summed E-state index contributed by atoms with van der Waals surface area (Å²) in [5, 5.41) is 4.04. The molecule has 1 aliphatic rings. The maximum absolute atomic E-state index is 12.2. The molecule has 0 saturated carbocycles. The summed E-state index contributed by atoms with van der Waals surface area (Å²) in [6.07, 6.45) is 4.02. The third-order valence-electron chi connectivity index (χ3n) is 4.20. The van der Waals surface area contributed by atoms with Gasteiger partial charge in [0, 0.05) is 30.9 Å². The number of aromatic nitrogens is 2. The third-order valence-corrected chi connectivity index (χ3v) is 4.20. The highest BCUT2D eigenvalue weighted by Gasteiger charge is 2.26. The van der Waals surface area contributed by atoms with Gasteiger partial charge in [0.25, 0.3) is 5.91 Å². The van der Waals surface area contributed by atoms with Crippen molar-refractivity contribution in [2.24, 2.45) is 0 Å². The van der Waals surface area contributed by atoms with Crippen LogP contribution in [0.1, 0.15) is 6.42 Å². The standard InChI is InChI=1S/C19H19N3O3/c23-19(17-13-24-15-6-1-2-7-16(15)25-17)21-10-4-11-22-12-8-14-5-3-9-20-18(14)22/h1-3,5-9,12,17H,4,10-11,13H2,(H,21,23)/t17-/m1/s1. The largest absolute Gasteiger partial charge is 0.485 e. The molecular formula is C19H19N3O3. The second kappa shape index (κ2) is 6.84. The van der Waals surface area contributed by atoms with Crippen LogP contribution < -0.4 is 14.8 Å². The summed E-state index contributed by atoms with van der Waals surface area (Å²) >= 11 is 0. The molecule has 3 heterocycles. The molecule has 0 bridgehead atoms. The summed E-state index contributed by atoms with van der Waals surface area (Å²) < 4.78 is 13.4. The Labute approximate surface area is 145 Å². The van der Waals surface area contributed by atoms with E-state index in [1.54, 1.807) is 12.3 Å². The highest BCUT2D eigenvalue weighted by atomic mass is 16.6. The second-order valence-corrected chi connectivity index (χ2v) is 5.93. The molecule has 1 atom stereocenters. The Kier molecular flexibility index (Phi) is 4.24. The van der Waals surface area contributed by atoms with Gasteiger partial charge in [-0.2, -0.15) is 0 Å². The first-order valence-corrected chi connectivity index (χ1v) is 8.37. The smallest absolute Gasteiger partial charge is 0.264 e. The highest BCUT2D eigenvalue weighted by molar-refractivity contribution is 5.81. The van der Waals surface area contributed by atoms with Crippen molar-refractivity contribution in [2.75, 3.05) is 13.2 Å². The van der Waals surface area contributed by atoms with Gasteiger partial charge in [0.05, 0.1) is 0 Å². The average Bonchev–Trinajstić information content (AvgIpc) is 3.08. The molecule has 0 unspecified atom stereocenters. The lowest BCUT2D eigenvalue weighted by molar-refractivity contribution is -0.130. The van der Waals surface area contributed by atoms with Crippen LogP contribution in [0.3, 0.4) is 0 Å². The quantitative estimate of drug-likeness (QED) is 0.726. The maximum Gasteiger partial charge on any atom is 0.264 e. The summed E-state index contributed by atoms with van der Waals surface area (Å²) in [7, 11) is 0. The molecule has 2 aromatic heterocycles. The number of carbonyl (C=O) groups is 1. The van der Waals surface area contributed by atoms with E-state index in [9.17, 15) is 4.79 Å². The Morgan fingerprint density at radius 1 is 1.20 bits per heavy atom. The minimum atomic E-state index is -0.607.